The molecule has 0 saturated carbocycles. The molecule has 0 radical (unpaired) electrons. The van der Waals surface area contributed by atoms with Crippen LogP contribution in [-0.2, 0) is 9.59 Å². The van der Waals surface area contributed by atoms with Crippen LogP contribution in [0.3, 0.4) is 0 Å². The number of nitrogens with one attached hydrogen (secondary N) is 2. The molecular formula is C29H34F3N5O6. The molecule has 2 aromatic carbocycles. The molecule has 1 aliphatic rings. The number of benzene rings is 2. The molecular weight excluding hydrogens is 571 g/mol. The molecule has 0 bridgehead atoms. The number of carboxylic acids is 1. The number of nitrogens with zero attached hydrogens (tertiary/aromatic N) is 3. The Balaban J connectivity index is 0.000000646. The molecule has 11 nitrogen and oxygen atoms in total. The van der Waals surface area contributed by atoms with Crippen LogP contribution < -0.4 is 29.7 Å². The molecule has 43 heavy (non-hydrogen) atoms. The topological polar surface area (TPSA) is 135 Å². The van der Waals surface area contributed by atoms with Crippen LogP contribution in [0.25, 0.3) is 0 Å². The Morgan fingerprint density at radius 1 is 1.05 bits per heavy atom. The van der Waals surface area contributed by atoms with E-state index in [2.05, 4.69) is 20.5 Å². The minimum atomic E-state index is -5.08. The molecule has 1 saturated heterocycles. The van der Waals surface area contributed by atoms with Gasteiger partial charge in [-0.1, -0.05) is 30.3 Å². The molecule has 1 fully saturated rings. The summed E-state index contributed by atoms with van der Waals surface area (Å²) >= 11 is 0. The van der Waals surface area contributed by atoms with Gasteiger partial charge in [0.1, 0.15) is 5.82 Å². The lowest BCUT2D eigenvalue weighted by Crippen LogP contribution is -2.44. The van der Waals surface area contributed by atoms with Crippen LogP contribution in [0.5, 0.6) is 17.2 Å². The summed E-state index contributed by atoms with van der Waals surface area (Å²) in [4.78, 5) is 33.1. The third-order valence-corrected chi connectivity index (χ3v) is 6.58. The molecule has 3 N–H and O–H groups in total. The van der Waals surface area contributed by atoms with Gasteiger partial charge in [0.25, 0.3) is 0 Å². The van der Waals surface area contributed by atoms with Crippen LogP contribution in [0.1, 0.15) is 31.4 Å². The van der Waals surface area contributed by atoms with Crippen molar-refractivity contribution in [3.05, 3.63) is 60.3 Å². The number of methoxy groups -OCH3 is 3. The summed E-state index contributed by atoms with van der Waals surface area (Å²) in [5.74, 6) is -0.00551. The molecule has 2 heterocycles. The first-order valence-electron chi connectivity index (χ1n) is 13.3. The highest BCUT2D eigenvalue weighted by Gasteiger charge is 2.38. The third kappa shape index (κ3) is 9.12. The van der Waals surface area contributed by atoms with Gasteiger partial charge in [-0.3, -0.25) is 4.79 Å². The molecule has 3 aromatic rings. The minimum absolute atomic E-state index is 0.0394. The summed E-state index contributed by atoms with van der Waals surface area (Å²) in [6, 6.07) is 15.4. The number of hydrogen-bond acceptors (Lipinski definition) is 9. The molecule has 1 aromatic heterocycles. The van der Waals surface area contributed by atoms with Crippen LogP contribution in [-0.4, -0.2) is 67.5 Å². The predicted molar refractivity (Wildman–Crippen MR) is 153 cm³/mol. The zero-order valence-electron chi connectivity index (χ0n) is 24.1. The van der Waals surface area contributed by atoms with Crippen molar-refractivity contribution >= 4 is 29.3 Å². The number of carbonyl (C=O) groups excluding carboxylic acids is 1. The Hall–Kier alpha value is -4.75. The fourth-order valence-electron chi connectivity index (χ4n) is 4.42. The van der Waals surface area contributed by atoms with E-state index in [1.54, 1.807) is 39.7 Å². The zero-order chi connectivity index (χ0) is 31.6. The minimum Gasteiger partial charge on any atom is -0.493 e. The zero-order valence-corrected chi connectivity index (χ0v) is 24.1. The number of carbonyl (C=O) groups is 2. The highest BCUT2D eigenvalue weighted by atomic mass is 19.4. The van der Waals surface area contributed by atoms with Gasteiger partial charge in [0, 0.05) is 37.1 Å². The van der Waals surface area contributed by atoms with Crippen molar-refractivity contribution < 1.29 is 42.1 Å². The van der Waals surface area contributed by atoms with Gasteiger partial charge in [-0.15, -0.1) is 0 Å². The number of piperidine rings is 1. The number of amides is 1. The van der Waals surface area contributed by atoms with Crippen molar-refractivity contribution in [3.8, 4) is 17.2 Å². The maximum atomic E-state index is 13.0. The second-order valence-electron chi connectivity index (χ2n) is 9.51. The Morgan fingerprint density at radius 2 is 1.67 bits per heavy atom. The first kappa shape index (κ1) is 32.8. The lowest BCUT2D eigenvalue weighted by Gasteiger charge is -2.33. The molecule has 4 rings (SSSR count). The Morgan fingerprint density at radius 3 is 2.23 bits per heavy atom. The number of aliphatic carboxylic acids is 1. The van der Waals surface area contributed by atoms with Gasteiger partial charge in [0.15, 0.2) is 11.5 Å². The van der Waals surface area contributed by atoms with Crippen molar-refractivity contribution in [1.29, 1.82) is 0 Å². The summed E-state index contributed by atoms with van der Waals surface area (Å²) < 4.78 is 48.0. The van der Waals surface area contributed by atoms with Crippen LogP contribution >= 0.6 is 0 Å². The fraction of sp³-hybridized carbons (Fsp3) is 0.379. The number of rotatable bonds is 9. The van der Waals surface area contributed by atoms with E-state index in [1.165, 1.54) is 0 Å². The number of carboxylic acid groups (broad SMARTS) is 1. The van der Waals surface area contributed by atoms with Crippen molar-refractivity contribution in [2.24, 2.45) is 5.92 Å². The molecule has 1 amide bonds. The number of ether oxygens (including phenoxy) is 3. The number of halogens is 3. The molecule has 0 spiro atoms. The summed E-state index contributed by atoms with van der Waals surface area (Å²) in [6.07, 6.45) is -1.60. The second kappa shape index (κ2) is 14.9. The highest BCUT2D eigenvalue weighted by Crippen LogP contribution is 2.40. The van der Waals surface area contributed by atoms with Crippen LogP contribution in [0.15, 0.2) is 54.7 Å². The molecule has 1 aliphatic heterocycles. The second-order valence-corrected chi connectivity index (χ2v) is 9.51. The first-order chi connectivity index (χ1) is 20.5. The number of hydrogen-bond donors (Lipinski definition) is 3. The van der Waals surface area contributed by atoms with E-state index in [-0.39, 0.29) is 17.9 Å². The van der Waals surface area contributed by atoms with Gasteiger partial charge in [0.2, 0.25) is 17.6 Å². The number of alkyl halides is 3. The highest BCUT2D eigenvalue weighted by molar-refractivity contribution is 5.80. The van der Waals surface area contributed by atoms with Gasteiger partial charge in [-0.25, -0.2) is 9.78 Å². The van der Waals surface area contributed by atoms with E-state index in [9.17, 15) is 18.0 Å². The quantitative estimate of drug-likeness (QED) is 0.307. The van der Waals surface area contributed by atoms with E-state index in [1.807, 2.05) is 43.3 Å². The Labute approximate surface area is 247 Å². The molecule has 0 aliphatic carbocycles. The van der Waals surface area contributed by atoms with Crippen molar-refractivity contribution in [2.75, 3.05) is 44.6 Å². The van der Waals surface area contributed by atoms with Crippen molar-refractivity contribution in [2.45, 2.75) is 32.0 Å². The smallest absolute Gasteiger partial charge is 0.490 e. The van der Waals surface area contributed by atoms with Crippen molar-refractivity contribution in [3.63, 3.8) is 0 Å². The Kier molecular flexibility index (Phi) is 11.4. The van der Waals surface area contributed by atoms with Gasteiger partial charge in [-0.2, -0.15) is 18.2 Å². The lowest BCUT2D eigenvalue weighted by molar-refractivity contribution is -0.192. The lowest BCUT2D eigenvalue weighted by atomic mass is 9.96. The largest absolute Gasteiger partial charge is 0.493 e. The standard InChI is InChI=1S/C27H33N5O4.C2HF3O2/c1-18(19-9-6-5-7-10-19)29-26(33)20-11-8-14-32(17-20)24-12-13-28-27(31-24)30-21-15-22(34-2)25(36-4)23(16-21)35-3;3-2(4,5)1(6)7/h5-7,9-10,12-13,15-16,18,20H,8,11,14,17H2,1-4H3,(H,29,33)(H,28,30,31);(H,6,7)/t18-,20-;/m0./s1. The summed E-state index contributed by atoms with van der Waals surface area (Å²) in [7, 11) is 4.71. The van der Waals surface area contributed by atoms with E-state index in [0.29, 0.717) is 35.4 Å². The van der Waals surface area contributed by atoms with E-state index >= 15 is 0 Å². The molecule has 2 atom stereocenters. The van der Waals surface area contributed by atoms with Crippen LogP contribution in [0.4, 0.5) is 30.6 Å². The molecule has 232 valence electrons. The average Bonchev–Trinajstić information content (AvgIpc) is 3.01. The number of anilines is 3. The van der Waals surface area contributed by atoms with Gasteiger partial charge in [0.05, 0.1) is 33.3 Å². The van der Waals surface area contributed by atoms with Crippen molar-refractivity contribution in [1.82, 2.24) is 15.3 Å². The van der Waals surface area contributed by atoms with Gasteiger partial charge in [-0.05, 0) is 31.4 Å². The van der Waals surface area contributed by atoms with E-state index in [0.717, 1.165) is 30.8 Å². The normalized spacial score (nSPS) is 15.3. The Bertz CT molecular complexity index is 1350. The predicted octanol–water partition coefficient (Wildman–Crippen LogP) is 4.97. The number of aromatic nitrogens is 2. The third-order valence-electron chi connectivity index (χ3n) is 6.58. The average molecular weight is 606 g/mol. The summed E-state index contributed by atoms with van der Waals surface area (Å²) in [5.41, 5.74) is 1.80. The van der Waals surface area contributed by atoms with Gasteiger partial charge < -0.3 is 34.9 Å². The van der Waals surface area contributed by atoms with Crippen LogP contribution in [0, 0.1) is 5.92 Å². The SMILES string of the molecule is COc1cc(Nc2nccc(N3CCC[C@H](C(=O)N[C@@H](C)c4ccccc4)C3)n2)cc(OC)c1OC.O=C(O)C(F)(F)F. The fourth-order valence-corrected chi connectivity index (χ4v) is 4.42. The molecule has 14 heteroatoms. The summed E-state index contributed by atoms with van der Waals surface area (Å²) in [6.45, 7) is 3.45. The van der Waals surface area contributed by atoms with E-state index < -0.39 is 12.1 Å². The summed E-state index contributed by atoms with van der Waals surface area (Å²) in [5, 5.41) is 13.5. The van der Waals surface area contributed by atoms with Crippen LogP contribution in [0.2, 0.25) is 0 Å². The maximum Gasteiger partial charge on any atom is 0.490 e. The molecule has 0 unspecified atom stereocenters. The monoisotopic (exact) mass is 605 g/mol. The van der Waals surface area contributed by atoms with E-state index in [4.69, 9.17) is 29.1 Å². The van der Waals surface area contributed by atoms with Gasteiger partial charge >= 0.3 is 12.1 Å². The first-order valence-corrected chi connectivity index (χ1v) is 13.3. The maximum absolute atomic E-state index is 13.0.